The van der Waals surface area contributed by atoms with Crippen LogP contribution in [0.4, 0.5) is 0 Å². The number of allylic oxidation sites excluding steroid dienone is 1. The van der Waals surface area contributed by atoms with Crippen molar-refractivity contribution in [2.75, 3.05) is 6.61 Å². The molecule has 0 aliphatic carbocycles. The van der Waals surface area contributed by atoms with Gasteiger partial charge in [0.2, 0.25) is 0 Å². The van der Waals surface area contributed by atoms with Gasteiger partial charge in [0.1, 0.15) is 5.75 Å². The van der Waals surface area contributed by atoms with Gasteiger partial charge in [0.15, 0.2) is 5.78 Å². The summed E-state index contributed by atoms with van der Waals surface area (Å²) in [7, 11) is -1.45. The SMILES string of the molecule is CCOc1ccc2c(c1)S(=O)C(c1ccccc1)=C2C(=O)c1ccccc1. The standard InChI is InChI=1S/C23H18O3S/c1-2-26-18-13-14-19-20(15-18)27(25)23(17-11-7-4-8-12-17)21(19)22(24)16-9-5-3-6-10-16/h3-15H,2H2,1H3. The molecule has 0 saturated heterocycles. The maximum atomic E-state index is 13.3. The predicted molar refractivity (Wildman–Crippen MR) is 108 cm³/mol. The fourth-order valence-corrected chi connectivity index (χ4v) is 4.80. The number of benzene rings is 3. The minimum absolute atomic E-state index is 0.120. The van der Waals surface area contributed by atoms with E-state index in [0.29, 0.717) is 38.9 Å². The van der Waals surface area contributed by atoms with E-state index < -0.39 is 10.8 Å². The topological polar surface area (TPSA) is 43.4 Å². The van der Waals surface area contributed by atoms with Crippen LogP contribution in [0.15, 0.2) is 83.8 Å². The van der Waals surface area contributed by atoms with Gasteiger partial charge < -0.3 is 4.74 Å². The summed E-state index contributed by atoms with van der Waals surface area (Å²) in [6.07, 6.45) is 0. The molecule has 1 unspecified atom stereocenters. The molecular formula is C23H18O3S. The Morgan fingerprint density at radius 3 is 2.26 bits per heavy atom. The van der Waals surface area contributed by atoms with Crippen LogP contribution < -0.4 is 4.74 Å². The largest absolute Gasteiger partial charge is 0.494 e. The second kappa shape index (κ2) is 7.33. The van der Waals surface area contributed by atoms with Gasteiger partial charge in [0.25, 0.3) is 0 Å². The van der Waals surface area contributed by atoms with Crippen molar-refractivity contribution in [1.29, 1.82) is 0 Å². The molecule has 3 aromatic carbocycles. The second-order valence-electron chi connectivity index (χ2n) is 6.13. The van der Waals surface area contributed by atoms with Crippen LogP contribution in [0.2, 0.25) is 0 Å². The first-order valence-electron chi connectivity index (χ1n) is 8.79. The fourth-order valence-electron chi connectivity index (χ4n) is 3.24. The van der Waals surface area contributed by atoms with Crippen LogP contribution in [0.1, 0.15) is 28.4 Å². The Kier molecular flexibility index (Phi) is 4.73. The van der Waals surface area contributed by atoms with E-state index in [2.05, 4.69) is 0 Å². The third kappa shape index (κ3) is 3.13. The Balaban J connectivity index is 1.93. The van der Waals surface area contributed by atoms with Gasteiger partial charge >= 0.3 is 0 Å². The lowest BCUT2D eigenvalue weighted by atomic mass is 9.94. The normalized spacial score (nSPS) is 15.5. The third-order valence-electron chi connectivity index (χ3n) is 4.44. The molecule has 1 atom stereocenters. The number of hydrogen-bond acceptors (Lipinski definition) is 3. The monoisotopic (exact) mass is 374 g/mol. The van der Waals surface area contributed by atoms with Gasteiger partial charge in [-0.3, -0.25) is 4.79 Å². The molecule has 1 heterocycles. The number of carbonyl (C=O) groups is 1. The Labute approximate surface area is 160 Å². The zero-order chi connectivity index (χ0) is 18.8. The highest BCUT2D eigenvalue weighted by Gasteiger charge is 2.34. The molecule has 134 valence electrons. The Hall–Kier alpha value is -2.98. The summed E-state index contributed by atoms with van der Waals surface area (Å²) in [5, 5.41) is 0. The van der Waals surface area contributed by atoms with Crippen LogP contribution in [0, 0.1) is 0 Å². The molecule has 0 bridgehead atoms. The summed E-state index contributed by atoms with van der Waals surface area (Å²) < 4.78 is 18.9. The van der Waals surface area contributed by atoms with E-state index >= 15 is 0 Å². The minimum Gasteiger partial charge on any atom is -0.494 e. The lowest BCUT2D eigenvalue weighted by molar-refractivity contribution is 0.105. The molecular weight excluding hydrogens is 356 g/mol. The average molecular weight is 374 g/mol. The molecule has 0 N–H and O–H groups in total. The lowest BCUT2D eigenvalue weighted by Crippen LogP contribution is -2.03. The smallest absolute Gasteiger partial charge is 0.194 e. The molecule has 0 fully saturated rings. The van der Waals surface area contributed by atoms with E-state index in [1.165, 1.54) is 0 Å². The first kappa shape index (κ1) is 17.4. The number of ketones is 1. The quantitative estimate of drug-likeness (QED) is 0.593. The lowest BCUT2D eigenvalue weighted by Gasteiger charge is -2.08. The zero-order valence-corrected chi connectivity index (χ0v) is 15.7. The molecule has 27 heavy (non-hydrogen) atoms. The Morgan fingerprint density at radius 2 is 1.59 bits per heavy atom. The summed E-state index contributed by atoms with van der Waals surface area (Å²) in [5.74, 6) is 0.538. The van der Waals surface area contributed by atoms with Gasteiger partial charge in [-0.1, -0.05) is 60.7 Å². The highest BCUT2D eigenvalue weighted by atomic mass is 32.2. The molecule has 0 amide bonds. The summed E-state index contributed by atoms with van der Waals surface area (Å²) >= 11 is 0. The average Bonchev–Trinajstić information content (AvgIpc) is 3.01. The number of carbonyl (C=O) groups excluding carboxylic acids is 1. The Bertz CT molecular complexity index is 1050. The van der Waals surface area contributed by atoms with E-state index in [1.807, 2.05) is 67.6 Å². The molecule has 0 radical (unpaired) electrons. The van der Waals surface area contributed by atoms with E-state index in [9.17, 15) is 9.00 Å². The highest BCUT2D eigenvalue weighted by Crippen LogP contribution is 2.44. The molecule has 3 nitrogen and oxygen atoms in total. The van der Waals surface area contributed by atoms with Crippen molar-refractivity contribution in [3.63, 3.8) is 0 Å². The highest BCUT2D eigenvalue weighted by molar-refractivity contribution is 7.95. The molecule has 0 saturated carbocycles. The van der Waals surface area contributed by atoms with Gasteiger partial charge in [-0.2, -0.15) is 0 Å². The van der Waals surface area contributed by atoms with Crippen LogP contribution in [0.25, 0.3) is 10.5 Å². The zero-order valence-electron chi connectivity index (χ0n) is 14.8. The van der Waals surface area contributed by atoms with Gasteiger partial charge in [-0.25, -0.2) is 4.21 Å². The van der Waals surface area contributed by atoms with Crippen molar-refractivity contribution in [3.8, 4) is 5.75 Å². The van der Waals surface area contributed by atoms with Crippen molar-refractivity contribution in [2.24, 2.45) is 0 Å². The van der Waals surface area contributed by atoms with Crippen LogP contribution >= 0.6 is 0 Å². The third-order valence-corrected chi connectivity index (χ3v) is 5.99. The van der Waals surface area contributed by atoms with Gasteiger partial charge in [0, 0.05) is 16.7 Å². The van der Waals surface area contributed by atoms with Crippen LogP contribution in [-0.4, -0.2) is 16.6 Å². The van der Waals surface area contributed by atoms with E-state index in [1.54, 1.807) is 18.2 Å². The van der Waals surface area contributed by atoms with Crippen molar-refractivity contribution in [2.45, 2.75) is 11.8 Å². The van der Waals surface area contributed by atoms with Gasteiger partial charge in [-0.15, -0.1) is 0 Å². The van der Waals surface area contributed by atoms with Gasteiger partial charge in [0.05, 0.1) is 27.2 Å². The first-order chi connectivity index (χ1) is 13.2. The van der Waals surface area contributed by atoms with Crippen molar-refractivity contribution < 1.29 is 13.7 Å². The number of ether oxygens (including phenoxy) is 1. The molecule has 4 rings (SSSR count). The molecule has 0 aromatic heterocycles. The molecule has 4 heteroatoms. The molecule has 1 aliphatic rings. The summed E-state index contributed by atoms with van der Waals surface area (Å²) in [4.78, 5) is 14.5. The van der Waals surface area contributed by atoms with E-state index in [-0.39, 0.29) is 5.78 Å². The summed E-state index contributed by atoms with van der Waals surface area (Å²) in [5.41, 5.74) is 2.59. The first-order valence-corrected chi connectivity index (χ1v) is 9.94. The summed E-state index contributed by atoms with van der Waals surface area (Å²) in [6.45, 7) is 2.43. The number of fused-ring (bicyclic) bond motifs is 1. The maximum absolute atomic E-state index is 13.3. The van der Waals surface area contributed by atoms with Crippen molar-refractivity contribution in [1.82, 2.24) is 0 Å². The Morgan fingerprint density at radius 1 is 0.926 bits per heavy atom. The van der Waals surface area contributed by atoms with Crippen molar-refractivity contribution >= 4 is 27.1 Å². The van der Waals surface area contributed by atoms with Crippen molar-refractivity contribution in [3.05, 3.63) is 95.6 Å². The van der Waals surface area contributed by atoms with E-state index in [0.717, 1.165) is 5.56 Å². The number of rotatable bonds is 5. The molecule has 3 aromatic rings. The minimum atomic E-state index is -1.45. The van der Waals surface area contributed by atoms with Gasteiger partial charge in [-0.05, 0) is 30.7 Å². The van der Waals surface area contributed by atoms with Crippen LogP contribution in [0.3, 0.4) is 0 Å². The summed E-state index contributed by atoms with van der Waals surface area (Å²) in [6, 6.07) is 24.0. The second-order valence-corrected chi connectivity index (χ2v) is 7.51. The predicted octanol–water partition coefficient (Wildman–Crippen LogP) is 4.96. The van der Waals surface area contributed by atoms with Crippen LogP contribution in [-0.2, 0) is 10.8 Å². The molecule has 0 spiro atoms. The number of Topliss-reactive ketones (excluding diaryl/α,β-unsaturated/α-hetero) is 1. The maximum Gasteiger partial charge on any atom is 0.194 e. The molecule has 1 aliphatic heterocycles. The fraction of sp³-hybridized carbons (Fsp3) is 0.0870. The van der Waals surface area contributed by atoms with E-state index in [4.69, 9.17) is 4.74 Å². The number of hydrogen-bond donors (Lipinski definition) is 0. The van der Waals surface area contributed by atoms with Crippen LogP contribution in [0.5, 0.6) is 5.75 Å².